The molecule has 2 N–H and O–H groups in total. The molecule has 4 nitrogen and oxygen atoms in total. The summed E-state index contributed by atoms with van der Waals surface area (Å²) in [5.74, 6) is -0.504. The van der Waals surface area contributed by atoms with Gasteiger partial charge in [0.15, 0.2) is 11.4 Å². The van der Waals surface area contributed by atoms with E-state index in [2.05, 4.69) is 26.2 Å². The number of pyridine rings is 1. The Morgan fingerprint density at radius 1 is 1.22 bits per heavy atom. The average molecular weight is 371 g/mol. The van der Waals surface area contributed by atoms with Gasteiger partial charge in [-0.1, -0.05) is 51.8 Å². The summed E-state index contributed by atoms with van der Waals surface area (Å²) < 4.78 is 0.831. The highest BCUT2D eigenvalue weighted by Gasteiger charge is 2.15. The molecule has 116 valence electrons. The van der Waals surface area contributed by atoms with Gasteiger partial charge in [-0.15, -0.1) is 0 Å². The van der Waals surface area contributed by atoms with E-state index in [0.29, 0.717) is 11.9 Å². The van der Waals surface area contributed by atoms with Gasteiger partial charge in [-0.3, -0.25) is 4.79 Å². The second kappa shape index (κ2) is 6.38. The van der Waals surface area contributed by atoms with E-state index in [9.17, 15) is 9.90 Å². The van der Waals surface area contributed by atoms with Gasteiger partial charge >= 0.3 is 0 Å². The van der Waals surface area contributed by atoms with Crippen LogP contribution in [0.5, 0.6) is 5.75 Å². The van der Waals surface area contributed by atoms with Crippen LogP contribution in [0, 0.1) is 6.92 Å². The summed E-state index contributed by atoms with van der Waals surface area (Å²) in [6.45, 7) is 2.40. The third-order valence-electron chi connectivity index (χ3n) is 3.62. The summed E-state index contributed by atoms with van der Waals surface area (Å²) in [6.07, 6.45) is 1.59. The molecule has 0 saturated carbocycles. The van der Waals surface area contributed by atoms with E-state index in [1.807, 2.05) is 43.3 Å². The number of hydrogen-bond acceptors (Lipinski definition) is 3. The number of aromatic nitrogens is 1. The number of nitrogens with zero attached hydrogens (tertiary/aromatic N) is 1. The number of aromatic hydroxyl groups is 1. The lowest BCUT2D eigenvalue weighted by Gasteiger charge is -2.09. The van der Waals surface area contributed by atoms with Crippen molar-refractivity contribution in [3.63, 3.8) is 0 Å². The number of carbonyl (C=O) groups excluding carboxylic acids is 1. The number of fused-ring (bicyclic) bond motifs is 1. The Hall–Kier alpha value is -2.40. The first kappa shape index (κ1) is 15.5. The maximum Gasteiger partial charge on any atom is 0.274 e. The number of nitrogens with one attached hydrogen (secondary N) is 1. The van der Waals surface area contributed by atoms with Gasteiger partial charge < -0.3 is 10.4 Å². The maximum absolute atomic E-state index is 12.3. The summed E-state index contributed by atoms with van der Waals surface area (Å²) >= 11 is 3.36. The van der Waals surface area contributed by atoms with Crippen molar-refractivity contribution in [2.24, 2.45) is 0 Å². The topological polar surface area (TPSA) is 62.2 Å². The second-order valence-electron chi connectivity index (χ2n) is 5.36. The highest BCUT2D eigenvalue weighted by Crippen LogP contribution is 2.29. The Labute approximate surface area is 142 Å². The Morgan fingerprint density at radius 2 is 1.96 bits per heavy atom. The third-order valence-corrected chi connectivity index (χ3v) is 4.11. The number of hydrogen-bond donors (Lipinski definition) is 2. The largest absolute Gasteiger partial charge is 0.505 e. The fourth-order valence-electron chi connectivity index (χ4n) is 2.31. The predicted octanol–water partition coefficient (Wildman–Crippen LogP) is 3.94. The summed E-state index contributed by atoms with van der Waals surface area (Å²) in [4.78, 5) is 16.4. The minimum Gasteiger partial charge on any atom is -0.505 e. The molecule has 0 radical (unpaired) electrons. The van der Waals surface area contributed by atoms with E-state index in [0.717, 1.165) is 15.4 Å². The van der Waals surface area contributed by atoms with Gasteiger partial charge in [-0.25, -0.2) is 4.98 Å². The van der Waals surface area contributed by atoms with Crippen LogP contribution < -0.4 is 5.32 Å². The molecule has 3 rings (SSSR count). The number of amides is 1. The molecule has 1 heterocycles. The number of carbonyl (C=O) groups is 1. The molecule has 1 aromatic heterocycles. The molecular weight excluding hydrogens is 356 g/mol. The first-order valence-corrected chi connectivity index (χ1v) is 7.95. The van der Waals surface area contributed by atoms with Crippen LogP contribution in [-0.2, 0) is 6.54 Å². The standard InChI is InChI=1S/C18H15BrN2O2/c1-11-2-4-12(5-3-11)9-21-18(23)16-17(22)15-8-14(19)7-6-13(15)10-20-16/h2-8,10,22H,9H2,1H3,(H,21,23). The summed E-state index contributed by atoms with van der Waals surface area (Å²) in [6, 6.07) is 13.4. The van der Waals surface area contributed by atoms with Gasteiger partial charge in [-0.05, 0) is 24.6 Å². The van der Waals surface area contributed by atoms with Crippen LogP contribution in [0.2, 0.25) is 0 Å². The molecule has 0 aliphatic rings. The second-order valence-corrected chi connectivity index (χ2v) is 6.27. The molecule has 0 saturated heterocycles. The summed E-state index contributed by atoms with van der Waals surface area (Å²) in [7, 11) is 0. The zero-order chi connectivity index (χ0) is 16.4. The van der Waals surface area contributed by atoms with E-state index in [1.165, 1.54) is 5.56 Å². The zero-order valence-corrected chi connectivity index (χ0v) is 14.1. The van der Waals surface area contributed by atoms with E-state index in [1.54, 1.807) is 12.3 Å². The molecule has 0 aliphatic heterocycles. The van der Waals surface area contributed by atoms with Gasteiger partial charge in [0.1, 0.15) is 0 Å². The normalized spacial score (nSPS) is 10.7. The van der Waals surface area contributed by atoms with E-state index in [-0.39, 0.29) is 11.4 Å². The minimum atomic E-state index is -0.398. The molecule has 0 spiro atoms. The fraction of sp³-hybridized carbons (Fsp3) is 0.111. The van der Waals surface area contributed by atoms with E-state index >= 15 is 0 Å². The average Bonchev–Trinajstić information content (AvgIpc) is 2.55. The third kappa shape index (κ3) is 3.35. The van der Waals surface area contributed by atoms with Crippen molar-refractivity contribution in [1.29, 1.82) is 0 Å². The van der Waals surface area contributed by atoms with Crippen molar-refractivity contribution in [1.82, 2.24) is 10.3 Å². The smallest absolute Gasteiger partial charge is 0.274 e. The van der Waals surface area contributed by atoms with Crippen LogP contribution >= 0.6 is 15.9 Å². The van der Waals surface area contributed by atoms with Crippen molar-refractivity contribution in [3.8, 4) is 5.75 Å². The maximum atomic E-state index is 12.3. The van der Waals surface area contributed by atoms with Crippen molar-refractivity contribution in [2.75, 3.05) is 0 Å². The Morgan fingerprint density at radius 3 is 2.70 bits per heavy atom. The van der Waals surface area contributed by atoms with E-state index in [4.69, 9.17) is 0 Å². The summed E-state index contributed by atoms with van der Waals surface area (Å²) in [5.41, 5.74) is 2.19. The minimum absolute atomic E-state index is 0.0303. The van der Waals surface area contributed by atoms with Crippen molar-refractivity contribution in [2.45, 2.75) is 13.5 Å². The quantitative estimate of drug-likeness (QED) is 0.733. The molecule has 0 fully saturated rings. The molecule has 3 aromatic rings. The molecule has 2 aromatic carbocycles. The lowest BCUT2D eigenvalue weighted by molar-refractivity contribution is 0.0943. The molecule has 0 bridgehead atoms. The zero-order valence-electron chi connectivity index (χ0n) is 12.5. The van der Waals surface area contributed by atoms with Crippen molar-refractivity contribution >= 4 is 32.6 Å². The van der Waals surface area contributed by atoms with Crippen LogP contribution in [0.3, 0.4) is 0 Å². The van der Waals surface area contributed by atoms with Crippen LogP contribution in [0.15, 0.2) is 53.1 Å². The molecule has 23 heavy (non-hydrogen) atoms. The van der Waals surface area contributed by atoms with Crippen molar-refractivity contribution in [3.05, 3.63) is 70.0 Å². The van der Waals surface area contributed by atoms with Gasteiger partial charge in [0, 0.05) is 28.0 Å². The van der Waals surface area contributed by atoms with Crippen LogP contribution in [-0.4, -0.2) is 16.0 Å². The number of halogens is 1. The lowest BCUT2D eigenvalue weighted by atomic mass is 10.1. The van der Waals surface area contributed by atoms with Crippen molar-refractivity contribution < 1.29 is 9.90 Å². The van der Waals surface area contributed by atoms with Crippen LogP contribution in [0.4, 0.5) is 0 Å². The van der Waals surface area contributed by atoms with Gasteiger partial charge in [0.05, 0.1) is 0 Å². The van der Waals surface area contributed by atoms with Gasteiger partial charge in [0.2, 0.25) is 0 Å². The monoisotopic (exact) mass is 370 g/mol. The fourth-order valence-corrected chi connectivity index (χ4v) is 2.67. The lowest BCUT2D eigenvalue weighted by Crippen LogP contribution is -2.23. The first-order valence-electron chi connectivity index (χ1n) is 7.15. The van der Waals surface area contributed by atoms with E-state index < -0.39 is 5.91 Å². The molecule has 5 heteroatoms. The number of benzene rings is 2. The Bertz CT molecular complexity index is 876. The SMILES string of the molecule is Cc1ccc(CNC(=O)c2ncc3ccc(Br)cc3c2O)cc1. The number of rotatable bonds is 3. The molecule has 1 amide bonds. The molecule has 0 aliphatic carbocycles. The molecule has 0 atom stereocenters. The number of aryl methyl sites for hydroxylation is 1. The van der Waals surface area contributed by atoms with Gasteiger partial charge in [0.25, 0.3) is 5.91 Å². The highest BCUT2D eigenvalue weighted by molar-refractivity contribution is 9.10. The summed E-state index contributed by atoms with van der Waals surface area (Å²) in [5, 5.41) is 14.5. The van der Waals surface area contributed by atoms with Gasteiger partial charge in [-0.2, -0.15) is 0 Å². The first-order chi connectivity index (χ1) is 11.0. The molecule has 0 unspecified atom stereocenters. The predicted molar refractivity (Wildman–Crippen MR) is 93.5 cm³/mol. The molecular formula is C18H15BrN2O2. The van der Waals surface area contributed by atoms with Crippen LogP contribution in [0.25, 0.3) is 10.8 Å². The Balaban J connectivity index is 1.83. The highest BCUT2D eigenvalue weighted by atomic mass is 79.9. The van der Waals surface area contributed by atoms with Crippen LogP contribution in [0.1, 0.15) is 21.6 Å². The Kier molecular flexibility index (Phi) is 4.30.